The Morgan fingerprint density at radius 1 is 1.22 bits per heavy atom. The molecule has 2 rings (SSSR count). The lowest BCUT2D eigenvalue weighted by Crippen LogP contribution is -2.43. The first kappa shape index (κ1) is 14.3. The van der Waals surface area contributed by atoms with Gasteiger partial charge in [0.25, 0.3) is 0 Å². The van der Waals surface area contributed by atoms with Crippen molar-refractivity contribution in [1.29, 1.82) is 0 Å². The van der Waals surface area contributed by atoms with Crippen LogP contribution in [0.25, 0.3) is 0 Å². The first-order valence-electron chi connectivity index (χ1n) is 7.71. The van der Waals surface area contributed by atoms with Crippen LogP contribution < -0.4 is 5.32 Å². The summed E-state index contributed by atoms with van der Waals surface area (Å²) in [6, 6.07) is 2.22. The minimum Gasteiger partial charge on any atom is -0.312 e. The van der Waals surface area contributed by atoms with Crippen LogP contribution in [-0.2, 0) is 0 Å². The molecule has 1 saturated heterocycles. The van der Waals surface area contributed by atoms with Crippen molar-refractivity contribution in [2.45, 2.75) is 57.7 Å². The zero-order chi connectivity index (χ0) is 13.1. The fourth-order valence-corrected chi connectivity index (χ4v) is 3.61. The van der Waals surface area contributed by atoms with Crippen LogP contribution in [0.1, 0.15) is 39.5 Å². The Morgan fingerprint density at radius 3 is 2.44 bits per heavy atom. The number of likely N-dealkylation sites (N-methyl/N-ethyl adjacent to an activating group) is 1. The number of rotatable bonds is 5. The SMILES string of the molecule is CC1CN(C(C)CNC2CCCC2)CC1N(C)C. The van der Waals surface area contributed by atoms with Gasteiger partial charge in [0, 0.05) is 37.8 Å². The molecule has 1 N–H and O–H groups in total. The molecule has 1 aliphatic heterocycles. The predicted octanol–water partition coefficient (Wildman–Crippen LogP) is 1.79. The molecule has 106 valence electrons. The Morgan fingerprint density at radius 2 is 1.89 bits per heavy atom. The van der Waals surface area contributed by atoms with Crippen molar-refractivity contribution in [2.24, 2.45) is 5.92 Å². The summed E-state index contributed by atoms with van der Waals surface area (Å²) in [6.07, 6.45) is 5.64. The highest BCUT2D eigenvalue weighted by atomic mass is 15.3. The van der Waals surface area contributed by atoms with E-state index in [0.29, 0.717) is 6.04 Å². The van der Waals surface area contributed by atoms with Crippen LogP contribution in [-0.4, -0.2) is 61.7 Å². The third-order valence-electron chi connectivity index (χ3n) is 4.94. The second-order valence-electron chi connectivity index (χ2n) is 6.70. The van der Waals surface area contributed by atoms with Gasteiger partial charge in [-0.25, -0.2) is 0 Å². The van der Waals surface area contributed by atoms with E-state index in [2.05, 4.69) is 43.1 Å². The number of hydrogen-bond donors (Lipinski definition) is 1. The van der Waals surface area contributed by atoms with E-state index in [0.717, 1.165) is 24.5 Å². The van der Waals surface area contributed by atoms with Crippen molar-refractivity contribution in [3.8, 4) is 0 Å². The summed E-state index contributed by atoms with van der Waals surface area (Å²) in [6.45, 7) is 8.43. The Balaban J connectivity index is 1.74. The average molecular weight is 253 g/mol. The molecule has 2 aliphatic rings. The van der Waals surface area contributed by atoms with Crippen LogP contribution in [0.15, 0.2) is 0 Å². The van der Waals surface area contributed by atoms with E-state index in [1.54, 1.807) is 0 Å². The maximum atomic E-state index is 3.76. The summed E-state index contributed by atoms with van der Waals surface area (Å²) >= 11 is 0. The van der Waals surface area contributed by atoms with Crippen molar-refractivity contribution < 1.29 is 0 Å². The highest BCUT2D eigenvalue weighted by molar-refractivity contribution is 4.89. The van der Waals surface area contributed by atoms with Gasteiger partial charge in [0.2, 0.25) is 0 Å². The van der Waals surface area contributed by atoms with Crippen molar-refractivity contribution in [3.05, 3.63) is 0 Å². The third kappa shape index (κ3) is 3.46. The number of hydrogen-bond acceptors (Lipinski definition) is 3. The second-order valence-corrected chi connectivity index (χ2v) is 6.70. The monoisotopic (exact) mass is 253 g/mol. The molecule has 3 nitrogen and oxygen atoms in total. The van der Waals surface area contributed by atoms with Crippen LogP contribution >= 0.6 is 0 Å². The predicted molar refractivity (Wildman–Crippen MR) is 77.9 cm³/mol. The van der Waals surface area contributed by atoms with Gasteiger partial charge in [-0.05, 0) is 39.8 Å². The lowest BCUT2D eigenvalue weighted by atomic mass is 10.1. The topological polar surface area (TPSA) is 18.5 Å². The summed E-state index contributed by atoms with van der Waals surface area (Å²) in [5.74, 6) is 0.800. The molecule has 0 amide bonds. The van der Waals surface area contributed by atoms with Gasteiger partial charge in [-0.1, -0.05) is 19.8 Å². The fourth-order valence-electron chi connectivity index (χ4n) is 3.61. The number of nitrogens with one attached hydrogen (secondary N) is 1. The second kappa shape index (κ2) is 6.36. The molecular formula is C15H31N3. The van der Waals surface area contributed by atoms with Crippen LogP contribution in [0.3, 0.4) is 0 Å². The van der Waals surface area contributed by atoms with Crippen LogP contribution in [0.5, 0.6) is 0 Å². The summed E-state index contributed by atoms with van der Waals surface area (Å²) in [7, 11) is 4.43. The molecule has 1 aliphatic carbocycles. The lowest BCUT2D eigenvalue weighted by molar-refractivity contribution is 0.217. The Kier molecular flexibility index (Phi) is 5.05. The molecule has 1 heterocycles. The van der Waals surface area contributed by atoms with Crippen LogP contribution in [0.4, 0.5) is 0 Å². The highest BCUT2D eigenvalue weighted by Crippen LogP contribution is 2.22. The van der Waals surface area contributed by atoms with Gasteiger partial charge in [0.15, 0.2) is 0 Å². The largest absolute Gasteiger partial charge is 0.312 e. The van der Waals surface area contributed by atoms with Gasteiger partial charge in [-0.15, -0.1) is 0 Å². The normalized spacial score (nSPS) is 32.5. The van der Waals surface area contributed by atoms with Gasteiger partial charge >= 0.3 is 0 Å². The molecule has 0 bridgehead atoms. The summed E-state index contributed by atoms with van der Waals surface area (Å²) in [5.41, 5.74) is 0. The van der Waals surface area contributed by atoms with E-state index >= 15 is 0 Å². The van der Waals surface area contributed by atoms with E-state index in [4.69, 9.17) is 0 Å². The molecule has 3 atom stereocenters. The summed E-state index contributed by atoms with van der Waals surface area (Å²) in [4.78, 5) is 5.05. The molecule has 0 spiro atoms. The molecule has 0 aromatic rings. The van der Waals surface area contributed by atoms with E-state index in [9.17, 15) is 0 Å². The molecule has 0 aromatic heterocycles. The maximum absolute atomic E-state index is 3.76. The maximum Gasteiger partial charge on any atom is 0.0254 e. The number of nitrogens with zero attached hydrogens (tertiary/aromatic N) is 2. The fraction of sp³-hybridized carbons (Fsp3) is 1.00. The Labute approximate surface area is 113 Å². The van der Waals surface area contributed by atoms with Gasteiger partial charge in [-0.2, -0.15) is 0 Å². The lowest BCUT2D eigenvalue weighted by Gasteiger charge is -2.27. The van der Waals surface area contributed by atoms with Crippen LogP contribution in [0, 0.1) is 5.92 Å². The van der Waals surface area contributed by atoms with E-state index in [1.165, 1.54) is 38.8 Å². The molecular weight excluding hydrogens is 222 g/mol. The average Bonchev–Trinajstić information content (AvgIpc) is 2.94. The van der Waals surface area contributed by atoms with E-state index < -0.39 is 0 Å². The van der Waals surface area contributed by atoms with Gasteiger partial charge < -0.3 is 10.2 Å². The molecule has 0 aromatic carbocycles. The van der Waals surface area contributed by atoms with Crippen molar-refractivity contribution in [2.75, 3.05) is 33.7 Å². The standard InChI is InChI=1S/C15H31N3/c1-12-10-18(11-15(12)17(3)4)13(2)9-16-14-7-5-6-8-14/h12-16H,5-11H2,1-4H3. The minimum absolute atomic E-state index is 0.679. The molecule has 3 heteroatoms. The van der Waals surface area contributed by atoms with Gasteiger partial charge in [-0.3, -0.25) is 4.90 Å². The molecule has 3 unspecified atom stereocenters. The first-order valence-corrected chi connectivity index (χ1v) is 7.71. The smallest absolute Gasteiger partial charge is 0.0254 e. The summed E-state index contributed by atoms with van der Waals surface area (Å²) in [5, 5.41) is 3.76. The van der Waals surface area contributed by atoms with E-state index in [1.807, 2.05) is 0 Å². The highest BCUT2D eigenvalue weighted by Gasteiger charge is 2.33. The first-order chi connectivity index (χ1) is 8.58. The third-order valence-corrected chi connectivity index (χ3v) is 4.94. The summed E-state index contributed by atoms with van der Waals surface area (Å²) < 4.78 is 0. The van der Waals surface area contributed by atoms with Crippen molar-refractivity contribution in [3.63, 3.8) is 0 Å². The molecule has 0 radical (unpaired) electrons. The van der Waals surface area contributed by atoms with E-state index in [-0.39, 0.29) is 0 Å². The van der Waals surface area contributed by atoms with Crippen LogP contribution in [0.2, 0.25) is 0 Å². The quantitative estimate of drug-likeness (QED) is 0.806. The van der Waals surface area contributed by atoms with Gasteiger partial charge in [0.05, 0.1) is 0 Å². The molecule has 1 saturated carbocycles. The van der Waals surface area contributed by atoms with Gasteiger partial charge in [0.1, 0.15) is 0 Å². The number of likely N-dealkylation sites (tertiary alicyclic amines) is 1. The van der Waals surface area contributed by atoms with Crippen molar-refractivity contribution >= 4 is 0 Å². The Hall–Kier alpha value is -0.120. The van der Waals surface area contributed by atoms with Crippen molar-refractivity contribution in [1.82, 2.24) is 15.1 Å². The molecule has 2 fully saturated rings. The minimum atomic E-state index is 0.679. The molecule has 18 heavy (non-hydrogen) atoms. The Bertz CT molecular complexity index is 248. The zero-order valence-corrected chi connectivity index (χ0v) is 12.7. The zero-order valence-electron chi connectivity index (χ0n) is 12.7.